The highest BCUT2D eigenvalue weighted by atomic mass is 16.5. The number of rotatable bonds is 4. The summed E-state index contributed by atoms with van der Waals surface area (Å²) in [7, 11) is 0. The van der Waals surface area contributed by atoms with E-state index in [0.29, 0.717) is 11.8 Å². The summed E-state index contributed by atoms with van der Waals surface area (Å²) in [6, 6.07) is 43.5. The first-order valence-electron chi connectivity index (χ1n) is 19.2. The first-order chi connectivity index (χ1) is 24.2. The van der Waals surface area contributed by atoms with Gasteiger partial charge in [0.25, 0.3) is 0 Å². The van der Waals surface area contributed by atoms with Crippen LogP contribution in [0, 0.1) is 23.7 Å². The third-order valence-corrected chi connectivity index (χ3v) is 14.0. The molecule has 5 aromatic carbocycles. The number of benzene rings is 5. The fourth-order valence-electron chi connectivity index (χ4n) is 11.7. The number of hydrogen-bond donors (Lipinski definition) is 0. The molecule has 0 amide bonds. The normalized spacial score (nSPS) is 27.6. The molecule has 4 fully saturated rings. The summed E-state index contributed by atoms with van der Waals surface area (Å²) in [5, 5.41) is 0. The highest BCUT2D eigenvalue weighted by molar-refractivity contribution is 5.84. The van der Waals surface area contributed by atoms with Gasteiger partial charge in [-0.25, -0.2) is 0 Å². The Morgan fingerprint density at radius 3 is 1.84 bits per heavy atom. The van der Waals surface area contributed by atoms with Crippen LogP contribution in [-0.4, -0.2) is 0 Å². The molecule has 0 N–H and O–H groups in total. The van der Waals surface area contributed by atoms with Gasteiger partial charge in [-0.05, 0) is 144 Å². The van der Waals surface area contributed by atoms with Crippen molar-refractivity contribution < 1.29 is 4.74 Å². The second kappa shape index (κ2) is 10.8. The van der Waals surface area contributed by atoms with Crippen LogP contribution in [0.1, 0.15) is 94.9 Å². The van der Waals surface area contributed by atoms with Gasteiger partial charge in [-0.1, -0.05) is 100 Å². The second-order valence-corrected chi connectivity index (χ2v) is 17.7. The van der Waals surface area contributed by atoms with Gasteiger partial charge in [-0.3, -0.25) is 0 Å². The van der Waals surface area contributed by atoms with E-state index in [2.05, 4.69) is 148 Å². The fourth-order valence-corrected chi connectivity index (χ4v) is 11.7. The first kappa shape index (κ1) is 30.5. The highest BCUT2D eigenvalue weighted by Crippen LogP contribution is 2.70. The Morgan fingerprint density at radius 2 is 1.12 bits per heavy atom. The number of hydrogen-bond acceptors (Lipinski definition) is 2. The molecule has 5 aliphatic carbocycles. The molecule has 4 saturated carbocycles. The van der Waals surface area contributed by atoms with E-state index in [-0.39, 0.29) is 16.2 Å². The molecule has 5 aromatic rings. The summed E-state index contributed by atoms with van der Waals surface area (Å²) >= 11 is 0. The predicted molar refractivity (Wildman–Crippen MR) is 206 cm³/mol. The van der Waals surface area contributed by atoms with Gasteiger partial charge in [-0.2, -0.15) is 0 Å². The van der Waals surface area contributed by atoms with Gasteiger partial charge >= 0.3 is 0 Å². The smallest absolute Gasteiger partial charge is 0.133 e. The van der Waals surface area contributed by atoms with Gasteiger partial charge in [0.05, 0.1) is 5.69 Å². The molecule has 0 saturated heterocycles. The average molecular weight is 656 g/mol. The van der Waals surface area contributed by atoms with Gasteiger partial charge in [-0.15, -0.1) is 0 Å². The minimum Gasteiger partial charge on any atom is -0.457 e. The van der Waals surface area contributed by atoms with Crippen LogP contribution < -0.4 is 9.64 Å². The Labute approximate surface area is 298 Å². The minimum absolute atomic E-state index is 0.0368. The lowest BCUT2D eigenvalue weighted by Gasteiger charge is -2.63. The number of anilines is 3. The third kappa shape index (κ3) is 4.39. The van der Waals surface area contributed by atoms with Crippen LogP contribution in [0.25, 0.3) is 11.1 Å². The van der Waals surface area contributed by atoms with E-state index in [1.54, 1.807) is 0 Å². The molecule has 252 valence electrons. The average Bonchev–Trinajstić information content (AvgIpc) is 3.12. The van der Waals surface area contributed by atoms with E-state index in [9.17, 15) is 0 Å². The summed E-state index contributed by atoms with van der Waals surface area (Å²) in [5.74, 6) is 5.16. The number of nitrogens with zero attached hydrogens (tertiary/aromatic N) is 1. The number of ether oxygens (including phenoxy) is 1. The Hall–Kier alpha value is -4.30. The molecular formula is C48H49NO. The first-order valence-corrected chi connectivity index (χ1v) is 19.2. The number of para-hydroxylation sites is 2. The maximum atomic E-state index is 6.90. The summed E-state index contributed by atoms with van der Waals surface area (Å²) in [6.07, 6.45) is 9.25. The summed E-state index contributed by atoms with van der Waals surface area (Å²) in [5.41, 5.74) is 12.5. The second-order valence-electron chi connectivity index (χ2n) is 17.7. The van der Waals surface area contributed by atoms with Crippen LogP contribution in [0.15, 0.2) is 115 Å². The van der Waals surface area contributed by atoms with Crippen molar-refractivity contribution in [2.75, 3.05) is 4.90 Å². The molecule has 0 atom stereocenters. The maximum absolute atomic E-state index is 6.90. The lowest BCUT2D eigenvalue weighted by Crippen LogP contribution is -2.57. The highest BCUT2D eigenvalue weighted by Gasteiger charge is 2.62. The van der Waals surface area contributed by atoms with Crippen molar-refractivity contribution in [2.45, 2.75) is 88.9 Å². The van der Waals surface area contributed by atoms with Crippen LogP contribution in [0.4, 0.5) is 17.1 Å². The topological polar surface area (TPSA) is 12.5 Å². The fraction of sp³-hybridized carbons (Fsp3) is 0.375. The molecule has 11 rings (SSSR count). The molecule has 1 aliphatic heterocycles. The molecule has 0 radical (unpaired) electrons. The third-order valence-electron chi connectivity index (χ3n) is 14.0. The van der Waals surface area contributed by atoms with Crippen molar-refractivity contribution in [3.8, 4) is 22.6 Å². The molecular weight excluding hydrogens is 607 g/mol. The van der Waals surface area contributed by atoms with Crippen LogP contribution >= 0.6 is 0 Å². The summed E-state index contributed by atoms with van der Waals surface area (Å²) in [6.45, 7) is 9.66. The maximum Gasteiger partial charge on any atom is 0.133 e. The van der Waals surface area contributed by atoms with Gasteiger partial charge in [0, 0.05) is 27.9 Å². The van der Waals surface area contributed by atoms with Crippen molar-refractivity contribution in [3.63, 3.8) is 0 Å². The SMILES string of the molecule is CC1(C)CCC(C)(C)c2cc(-c3ccc(N(c4ccccc4)c4cccc5c4C4(c6ccccc6O5)C5CC6CC(C5)CC4C6)cc3)ccc21. The van der Waals surface area contributed by atoms with Gasteiger partial charge in [0.15, 0.2) is 0 Å². The lowest BCUT2D eigenvalue weighted by molar-refractivity contribution is -0.0449. The minimum atomic E-state index is -0.0368. The summed E-state index contributed by atoms with van der Waals surface area (Å²) < 4.78 is 6.90. The lowest BCUT2D eigenvalue weighted by atomic mass is 9.41. The quantitative estimate of drug-likeness (QED) is 0.191. The zero-order valence-electron chi connectivity index (χ0n) is 30.1. The van der Waals surface area contributed by atoms with Crippen molar-refractivity contribution in [1.82, 2.24) is 0 Å². The molecule has 2 nitrogen and oxygen atoms in total. The molecule has 2 heteroatoms. The molecule has 50 heavy (non-hydrogen) atoms. The molecule has 0 aromatic heterocycles. The van der Waals surface area contributed by atoms with E-state index >= 15 is 0 Å². The molecule has 4 bridgehead atoms. The molecule has 0 unspecified atom stereocenters. The van der Waals surface area contributed by atoms with Crippen molar-refractivity contribution in [2.24, 2.45) is 23.7 Å². The van der Waals surface area contributed by atoms with E-state index in [0.717, 1.165) is 23.3 Å². The Balaban J connectivity index is 1.13. The standard InChI is InChI=1S/C48H49NO/c1-46(2)23-24-47(3,4)41-30-34(19-22-39(41)46)33-17-20-38(21-18-33)49(37-11-6-5-7-12-37)42-14-10-16-44-45(42)48(40-13-8-9-15-43(40)50-44)35-26-31-25-32(28-35)29-36(48)27-31/h5-22,30-32,35-36H,23-29H2,1-4H3. The van der Waals surface area contributed by atoms with Crippen molar-refractivity contribution in [1.29, 1.82) is 0 Å². The van der Waals surface area contributed by atoms with Crippen molar-refractivity contribution >= 4 is 17.1 Å². The Kier molecular flexibility index (Phi) is 6.62. The van der Waals surface area contributed by atoms with Crippen molar-refractivity contribution in [3.05, 3.63) is 138 Å². The number of fused-ring (bicyclic) bond motifs is 3. The van der Waals surface area contributed by atoms with Crippen LogP contribution in [0.5, 0.6) is 11.5 Å². The zero-order valence-corrected chi connectivity index (χ0v) is 30.1. The Morgan fingerprint density at radius 1 is 0.520 bits per heavy atom. The van der Waals surface area contributed by atoms with Gasteiger partial charge < -0.3 is 9.64 Å². The monoisotopic (exact) mass is 655 g/mol. The molecule has 1 spiro atoms. The van der Waals surface area contributed by atoms with Gasteiger partial charge in [0.1, 0.15) is 11.5 Å². The van der Waals surface area contributed by atoms with Crippen LogP contribution in [0.3, 0.4) is 0 Å². The van der Waals surface area contributed by atoms with E-state index in [1.807, 2.05) is 0 Å². The van der Waals surface area contributed by atoms with E-state index in [1.165, 1.54) is 95.4 Å². The zero-order chi connectivity index (χ0) is 33.8. The molecule has 6 aliphatic rings. The van der Waals surface area contributed by atoms with Crippen LogP contribution in [-0.2, 0) is 16.2 Å². The van der Waals surface area contributed by atoms with E-state index < -0.39 is 0 Å². The Bertz CT molecular complexity index is 2080. The van der Waals surface area contributed by atoms with Crippen LogP contribution in [0.2, 0.25) is 0 Å². The largest absolute Gasteiger partial charge is 0.457 e. The molecule has 1 heterocycles. The van der Waals surface area contributed by atoms with E-state index in [4.69, 9.17) is 4.74 Å². The predicted octanol–water partition coefficient (Wildman–Crippen LogP) is 13.0. The summed E-state index contributed by atoms with van der Waals surface area (Å²) in [4.78, 5) is 2.52. The van der Waals surface area contributed by atoms with Gasteiger partial charge in [0.2, 0.25) is 0 Å².